The van der Waals surface area contributed by atoms with Gasteiger partial charge in [0, 0.05) is 66.0 Å². The number of carbonyl (C=O) groups excluding carboxylic acids is 2. The van der Waals surface area contributed by atoms with Gasteiger partial charge in [-0.3, -0.25) is 9.59 Å². The Hall–Kier alpha value is -3.44. The summed E-state index contributed by atoms with van der Waals surface area (Å²) < 4.78 is 34.8. The molecule has 39 heavy (non-hydrogen) atoms. The average Bonchev–Trinajstić information content (AvgIpc) is 3.48. The minimum Gasteiger partial charge on any atom is -0.436 e. The van der Waals surface area contributed by atoms with Crippen LogP contribution in [0, 0.1) is 11.3 Å². The minimum atomic E-state index is -4.13. The molecule has 0 aliphatic carbocycles. The second-order valence-corrected chi connectivity index (χ2v) is 12.2. The largest absolute Gasteiger partial charge is 0.436 e. The molecule has 4 heterocycles. The van der Waals surface area contributed by atoms with E-state index in [0.29, 0.717) is 34.7 Å². The van der Waals surface area contributed by atoms with Gasteiger partial charge in [-0.05, 0) is 31.5 Å². The topological polar surface area (TPSA) is 178 Å². The van der Waals surface area contributed by atoms with Crippen molar-refractivity contribution in [3.05, 3.63) is 46.1 Å². The normalized spacial score (nSPS) is 20.1. The fourth-order valence-electron chi connectivity index (χ4n) is 5.21. The number of carbonyl (C=O) groups is 2. The Kier molecular flexibility index (Phi) is 7.39. The van der Waals surface area contributed by atoms with E-state index >= 15 is 0 Å². The van der Waals surface area contributed by atoms with Gasteiger partial charge in [-0.2, -0.15) is 9.57 Å². The van der Waals surface area contributed by atoms with Crippen LogP contribution in [0.25, 0.3) is 10.9 Å². The van der Waals surface area contributed by atoms with E-state index < -0.39 is 27.9 Å². The molecule has 4 N–H and O–H groups in total. The maximum Gasteiger partial charge on any atom is 0.310 e. The second kappa shape index (κ2) is 10.6. The standard InChI is InChI=1S/C25H28ClN7O5S/c1-14-9-20-21(12-29-14)38-23(30-20)25(35)33-8-7-32(13-16(33)3-2-6-27)39(36,37)24-18(11-22(28)34)17-10-15(26)4-5-19(17)31-24/h4-5,10,14,16,29,31H,2-3,7-9,11-13H2,1H3,(H2,28,34). The summed E-state index contributed by atoms with van der Waals surface area (Å²) in [5.41, 5.74) is 6.92. The van der Waals surface area contributed by atoms with E-state index in [9.17, 15) is 23.3 Å². The number of sulfonamides is 1. The monoisotopic (exact) mass is 573 g/mol. The van der Waals surface area contributed by atoms with Crippen molar-refractivity contribution >= 4 is 44.3 Å². The lowest BCUT2D eigenvalue weighted by Gasteiger charge is -2.40. The number of benzene rings is 1. The van der Waals surface area contributed by atoms with Crippen molar-refractivity contribution in [2.24, 2.45) is 5.73 Å². The van der Waals surface area contributed by atoms with Crippen molar-refractivity contribution in [3.63, 3.8) is 0 Å². The lowest BCUT2D eigenvalue weighted by atomic mass is 10.1. The Morgan fingerprint density at radius 1 is 1.33 bits per heavy atom. The first-order chi connectivity index (χ1) is 18.6. The molecule has 2 unspecified atom stereocenters. The number of aromatic amines is 1. The number of piperazine rings is 1. The van der Waals surface area contributed by atoms with Gasteiger partial charge in [0.25, 0.3) is 15.9 Å². The number of hydrogen-bond donors (Lipinski definition) is 3. The Bertz CT molecular complexity index is 1590. The molecule has 1 aromatic carbocycles. The maximum atomic E-state index is 13.9. The number of amides is 2. The number of oxazole rings is 1. The predicted molar refractivity (Wildman–Crippen MR) is 141 cm³/mol. The quantitative estimate of drug-likeness (QED) is 0.382. The second-order valence-electron chi connectivity index (χ2n) is 9.85. The summed E-state index contributed by atoms with van der Waals surface area (Å²) in [5.74, 6) is -0.544. The number of nitrogens with zero attached hydrogens (tertiary/aromatic N) is 4. The first-order valence-corrected chi connectivity index (χ1v) is 14.4. The minimum absolute atomic E-state index is 0.00225. The number of H-pyrrole nitrogens is 1. The molecule has 206 valence electrons. The van der Waals surface area contributed by atoms with E-state index in [0.717, 1.165) is 5.69 Å². The lowest BCUT2D eigenvalue weighted by molar-refractivity contribution is -0.117. The van der Waals surface area contributed by atoms with Crippen LogP contribution >= 0.6 is 11.6 Å². The molecule has 1 fully saturated rings. The zero-order valence-corrected chi connectivity index (χ0v) is 22.8. The van der Waals surface area contributed by atoms with E-state index in [1.54, 1.807) is 18.2 Å². The highest BCUT2D eigenvalue weighted by Crippen LogP contribution is 2.32. The molecule has 0 bridgehead atoms. The number of nitrogens with one attached hydrogen (secondary N) is 2. The van der Waals surface area contributed by atoms with Gasteiger partial charge in [0.2, 0.25) is 5.91 Å². The highest BCUT2D eigenvalue weighted by molar-refractivity contribution is 7.89. The Morgan fingerprint density at radius 2 is 2.13 bits per heavy atom. The van der Waals surface area contributed by atoms with Crippen molar-refractivity contribution in [2.45, 2.75) is 56.3 Å². The number of aromatic nitrogens is 2. The summed E-state index contributed by atoms with van der Waals surface area (Å²) in [6.07, 6.45) is 0.736. The average molecular weight is 574 g/mol. The smallest absolute Gasteiger partial charge is 0.310 e. The molecule has 14 heteroatoms. The number of halogens is 1. The highest BCUT2D eigenvalue weighted by Gasteiger charge is 2.40. The van der Waals surface area contributed by atoms with Crippen LogP contribution < -0.4 is 11.1 Å². The van der Waals surface area contributed by atoms with Crippen molar-refractivity contribution in [3.8, 4) is 6.07 Å². The molecule has 2 atom stereocenters. The van der Waals surface area contributed by atoms with Gasteiger partial charge in [-0.25, -0.2) is 13.4 Å². The summed E-state index contributed by atoms with van der Waals surface area (Å²) in [4.78, 5) is 34.2. The van der Waals surface area contributed by atoms with E-state index in [1.165, 1.54) is 9.21 Å². The van der Waals surface area contributed by atoms with Crippen molar-refractivity contribution in [1.29, 1.82) is 5.26 Å². The number of nitrogens with two attached hydrogens (primary N) is 1. The molecule has 5 rings (SSSR count). The number of primary amides is 1. The molecule has 2 aromatic heterocycles. The van der Waals surface area contributed by atoms with Crippen LogP contribution in [0.3, 0.4) is 0 Å². The summed E-state index contributed by atoms with van der Waals surface area (Å²) >= 11 is 6.13. The van der Waals surface area contributed by atoms with Gasteiger partial charge < -0.3 is 25.4 Å². The first kappa shape index (κ1) is 27.1. The fraction of sp³-hybridized carbons (Fsp3) is 0.440. The van der Waals surface area contributed by atoms with Crippen LogP contribution in [0.2, 0.25) is 5.02 Å². The SMILES string of the molecule is CC1Cc2nc(C(=O)N3CCN(S(=O)(=O)c4[nH]c5ccc(Cl)cc5c4CC(N)=O)CC3CCC#N)oc2CN1. The van der Waals surface area contributed by atoms with Crippen LogP contribution in [-0.2, 0) is 34.2 Å². The van der Waals surface area contributed by atoms with Crippen molar-refractivity contribution < 1.29 is 22.4 Å². The van der Waals surface area contributed by atoms with Gasteiger partial charge in [-0.15, -0.1) is 0 Å². The van der Waals surface area contributed by atoms with Gasteiger partial charge in [-0.1, -0.05) is 11.6 Å². The molecule has 0 saturated carbocycles. The molecule has 2 amide bonds. The number of nitriles is 1. The third-order valence-corrected chi connectivity index (χ3v) is 9.26. The Morgan fingerprint density at radius 3 is 2.87 bits per heavy atom. The predicted octanol–water partition coefficient (Wildman–Crippen LogP) is 1.69. The zero-order valence-electron chi connectivity index (χ0n) is 21.2. The summed E-state index contributed by atoms with van der Waals surface area (Å²) in [6.45, 7) is 2.54. The van der Waals surface area contributed by atoms with E-state index in [-0.39, 0.29) is 61.4 Å². The molecule has 2 aliphatic heterocycles. The van der Waals surface area contributed by atoms with Crippen molar-refractivity contribution in [2.75, 3.05) is 19.6 Å². The van der Waals surface area contributed by atoms with E-state index in [1.807, 2.05) is 6.92 Å². The van der Waals surface area contributed by atoms with Gasteiger partial charge in [0.05, 0.1) is 24.7 Å². The fourth-order valence-corrected chi connectivity index (χ4v) is 7.06. The molecule has 0 spiro atoms. The molecular formula is C25H28ClN7O5S. The van der Waals surface area contributed by atoms with Crippen LogP contribution in [0.5, 0.6) is 0 Å². The summed E-state index contributed by atoms with van der Waals surface area (Å²) in [6, 6.07) is 6.54. The number of fused-ring (bicyclic) bond motifs is 2. The van der Waals surface area contributed by atoms with Crippen molar-refractivity contribution in [1.82, 2.24) is 24.5 Å². The third kappa shape index (κ3) is 5.25. The van der Waals surface area contributed by atoms with Crippen LogP contribution in [0.15, 0.2) is 27.6 Å². The first-order valence-electron chi connectivity index (χ1n) is 12.6. The molecule has 12 nitrogen and oxygen atoms in total. The van der Waals surface area contributed by atoms with E-state index in [2.05, 4.69) is 21.4 Å². The molecule has 3 aromatic rings. The Labute approximate surface area is 230 Å². The van der Waals surface area contributed by atoms with Gasteiger partial charge in [0.15, 0.2) is 5.03 Å². The molecule has 1 saturated heterocycles. The van der Waals surface area contributed by atoms with E-state index in [4.69, 9.17) is 21.8 Å². The van der Waals surface area contributed by atoms with Gasteiger partial charge in [0.1, 0.15) is 5.76 Å². The van der Waals surface area contributed by atoms with Crippen LogP contribution in [0.4, 0.5) is 0 Å². The molecule has 2 aliphatic rings. The Balaban J connectivity index is 1.44. The molecular weight excluding hydrogens is 546 g/mol. The van der Waals surface area contributed by atoms with Gasteiger partial charge >= 0.3 is 5.91 Å². The third-order valence-electron chi connectivity index (χ3n) is 7.15. The van der Waals surface area contributed by atoms with Crippen LogP contribution in [0.1, 0.15) is 47.5 Å². The highest BCUT2D eigenvalue weighted by atomic mass is 35.5. The molecule has 0 radical (unpaired) electrons. The number of rotatable bonds is 7. The summed E-state index contributed by atoms with van der Waals surface area (Å²) in [5, 5.41) is 13.2. The van der Waals surface area contributed by atoms with Crippen LogP contribution in [-0.4, -0.2) is 71.1 Å². The lowest BCUT2D eigenvalue weighted by Crippen LogP contribution is -2.56. The number of hydrogen-bond acceptors (Lipinski definition) is 8. The maximum absolute atomic E-state index is 13.9. The summed E-state index contributed by atoms with van der Waals surface area (Å²) in [7, 11) is -4.13. The zero-order chi connectivity index (χ0) is 27.9.